The smallest absolute Gasteiger partial charge is 0.123 e. The Morgan fingerprint density at radius 2 is 1.62 bits per heavy atom. The van der Waals surface area contributed by atoms with Gasteiger partial charge >= 0.3 is 0 Å². The quantitative estimate of drug-likeness (QED) is 0.731. The van der Waals surface area contributed by atoms with Crippen molar-refractivity contribution in [1.29, 1.82) is 0 Å². The Hall–Kier alpha value is -2.19. The van der Waals surface area contributed by atoms with Crippen LogP contribution in [0.4, 0.5) is 4.39 Å². The molecule has 2 heteroatoms. The van der Waals surface area contributed by atoms with Crippen molar-refractivity contribution >= 4 is 10.8 Å². The summed E-state index contributed by atoms with van der Waals surface area (Å²) in [6.45, 7) is 2.94. The molecule has 0 radical (unpaired) electrons. The normalized spacial score (nSPS) is 12.5. The summed E-state index contributed by atoms with van der Waals surface area (Å²) in [5.41, 5.74) is 2.30. The molecule has 0 saturated carbocycles. The highest BCUT2D eigenvalue weighted by Crippen LogP contribution is 2.29. The molecular weight excluding hydrogens is 261 g/mol. The SMILES string of the molecule is CCNC(c1ccc(F)cc1)c1cccc2ccccc12. The van der Waals surface area contributed by atoms with E-state index in [0.717, 1.165) is 12.1 Å². The van der Waals surface area contributed by atoms with E-state index in [-0.39, 0.29) is 11.9 Å². The predicted molar refractivity (Wildman–Crippen MR) is 85.9 cm³/mol. The maximum absolute atomic E-state index is 13.2. The zero-order valence-electron chi connectivity index (χ0n) is 12.0. The van der Waals surface area contributed by atoms with Gasteiger partial charge in [-0.15, -0.1) is 0 Å². The Bertz CT molecular complexity index is 729. The van der Waals surface area contributed by atoms with Crippen molar-refractivity contribution in [3.63, 3.8) is 0 Å². The van der Waals surface area contributed by atoms with E-state index in [1.54, 1.807) is 0 Å². The summed E-state index contributed by atoms with van der Waals surface area (Å²) in [7, 11) is 0. The molecule has 0 bridgehead atoms. The molecule has 0 spiro atoms. The van der Waals surface area contributed by atoms with Crippen LogP contribution in [0.15, 0.2) is 66.7 Å². The minimum atomic E-state index is -0.202. The molecule has 21 heavy (non-hydrogen) atoms. The summed E-state index contributed by atoms with van der Waals surface area (Å²) in [6, 6.07) is 21.5. The van der Waals surface area contributed by atoms with Crippen molar-refractivity contribution in [2.45, 2.75) is 13.0 Å². The molecule has 106 valence electrons. The maximum atomic E-state index is 13.2. The number of benzene rings is 3. The van der Waals surface area contributed by atoms with Gasteiger partial charge in [-0.05, 0) is 40.6 Å². The van der Waals surface area contributed by atoms with E-state index in [2.05, 4.69) is 48.6 Å². The predicted octanol–water partition coefficient (Wildman–Crippen LogP) is 4.68. The molecule has 0 heterocycles. The highest BCUT2D eigenvalue weighted by atomic mass is 19.1. The molecule has 1 nitrogen and oxygen atoms in total. The van der Waals surface area contributed by atoms with E-state index >= 15 is 0 Å². The molecule has 0 saturated heterocycles. The first-order valence-corrected chi connectivity index (χ1v) is 7.26. The van der Waals surface area contributed by atoms with Crippen LogP contribution in [0.1, 0.15) is 24.1 Å². The Morgan fingerprint density at radius 1 is 0.905 bits per heavy atom. The Balaban J connectivity index is 2.13. The van der Waals surface area contributed by atoms with E-state index in [4.69, 9.17) is 0 Å². The van der Waals surface area contributed by atoms with Crippen molar-refractivity contribution in [1.82, 2.24) is 5.32 Å². The van der Waals surface area contributed by atoms with Crippen molar-refractivity contribution < 1.29 is 4.39 Å². The van der Waals surface area contributed by atoms with Gasteiger partial charge in [0.1, 0.15) is 5.82 Å². The zero-order valence-corrected chi connectivity index (χ0v) is 12.0. The summed E-state index contributed by atoms with van der Waals surface area (Å²) in [5, 5.41) is 5.96. The standard InChI is InChI=1S/C19H18FN/c1-2-21-19(15-10-12-16(20)13-11-15)18-9-5-7-14-6-3-4-8-17(14)18/h3-13,19,21H,2H2,1H3. The lowest BCUT2D eigenvalue weighted by atomic mass is 9.93. The summed E-state index contributed by atoms with van der Waals surface area (Å²) in [4.78, 5) is 0. The second-order valence-electron chi connectivity index (χ2n) is 5.11. The fraction of sp³-hybridized carbons (Fsp3) is 0.158. The molecule has 3 aromatic rings. The number of hydrogen-bond acceptors (Lipinski definition) is 1. The third kappa shape index (κ3) is 2.81. The van der Waals surface area contributed by atoms with E-state index in [9.17, 15) is 4.39 Å². The Labute approximate surface area is 124 Å². The van der Waals surface area contributed by atoms with E-state index in [1.165, 1.54) is 28.5 Å². The average Bonchev–Trinajstić information content (AvgIpc) is 2.53. The molecule has 0 amide bonds. The van der Waals surface area contributed by atoms with Crippen LogP contribution in [0.5, 0.6) is 0 Å². The van der Waals surface area contributed by atoms with Crippen LogP contribution in [0.3, 0.4) is 0 Å². The first kappa shape index (κ1) is 13.8. The van der Waals surface area contributed by atoms with Crippen molar-refractivity contribution in [2.75, 3.05) is 6.54 Å². The van der Waals surface area contributed by atoms with Gasteiger partial charge in [0.25, 0.3) is 0 Å². The fourth-order valence-electron chi connectivity index (χ4n) is 2.77. The topological polar surface area (TPSA) is 12.0 Å². The maximum Gasteiger partial charge on any atom is 0.123 e. The lowest BCUT2D eigenvalue weighted by Crippen LogP contribution is -2.22. The zero-order chi connectivity index (χ0) is 14.7. The summed E-state index contributed by atoms with van der Waals surface area (Å²) >= 11 is 0. The third-order valence-corrected chi connectivity index (χ3v) is 3.75. The van der Waals surface area contributed by atoms with Gasteiger partial charge in [-0.25, -0.2) is 4.39 Å². The van der Waals surface area contributed by atoms with Crippen LogP contribution in [0.2, 0.25) is 0 Å². The van der Waals surface area contributed by atoms with Gasteiger partial charge in [-0.2, -0.15) is 0 Å². The number of rotatable bonds is 4. The van der Waals surface area contributed by atoms with Crippen LogP contribution in [0, 0.1) is 5.82 Å². The number of nitrogens with one attached hydrogen (secondary N) is 1. The van der Waals surface area contributed by atoms with Crippen LogP contribution in [-0.2, 0) is 0 Å². The molecular formula is C19H18FN. The van der Waals surface area contributed by atoms with Gasteiger partial charge in [0.2, 0.25) is 0 Å². The van der Waals surface area contributed by atoms with Crippen molar-refractivity contribution in [3.8, 4) is 0 Å². The molecule has 0 fully saturated rings. The number of hydrogen-bond donors (Lipinski definition) is 1. The van der Waals surface area contributed by atoms with Gasteiger partial charge < -0.3 is 5.32 Å². The van der Waals surface area contributed by atoms with Crippen molar-refractivity contribution in [2.24, 2.45) is 0 Å². The van der Waals surface area contributed by atoms with Crippen LogP contribution in [-0.4, -0.2) is 6.54 Å². The average molecular weight is 279 g/mol. The van der Waals surface area contributed by atoms with Crippen LogP contribution < -0.4 is 5.32 Å². The third-order valence-electron chi connectivity index (χ3n) is 3.75. The van der Waals surface area contributed by atoms with Gasteiger partial charge in [0.05, 0.1) is 6.04 Å². The van der Waals surface area contributed by atoms with Crippen molar-refractivity contribution in [3.05, 3.63) is 83.7 Å². The minimum Gasteiger partial charge on any atom is -0.307 e. The molecule has 1 atom stereocenters. The second-order valence-corrected chi connectivity index (χ2v) is 5.11. The largest absolute Gasteiger partial charge is 0.307 e. The molecule has 1 N–H and O–H groups in total. The number of fused-ring (bicyclic) bond motifs is 1. The Morgan fingerprint density at radius 3 is 2.38 bits per heavy atom. The summed E-state index contributed by atoms with van der Waals surface area (Å²) in [6.07, 6.45) is 0. The molecule has 1 unspecified atom stereocenters. The Kier molecular flexibility index (Phi) is 3.98. The molecule has 3 rings (SSSR count). The monoisotopic (exact) mass is 279 g/mol. The minimum absolute atomic E-state index is 0.0710. The summed E-state index contributed by atoms with van der Waals surface area (Å²) in [5.74, 6) is -0.202. The van der Waals surface area contributed by atoms with Crippen LogP contribution in [0.25, 0.3) is 10.8 Å². The first-order chi connectivity index (χ1) is 10.3. The van der Waals surface area contributed by atoms with Gasteiger partial charge in [0.15, 0.2) is 0 Å². The molecule has 0 aliphatic heterocycles. The van der Waals surface area contributed by atoms with Gasteiger partial charge in [0, 0.05) is 0 Å². The first-order valence-electron chi connectivity index (χ1n) is 7.26. The molecule has 0 aromatic heterocycles. The number of halogens is 1. The lowest BCUT2D eigenvalue weighted by molar-refractivity contribution is 0.615. The highest BCUT2D eigenvalue weighted by Gasteiger charge is 2.15. The van der Waals surface area contributed by atoms with Crippen LogP contribution >= 0.6 is 0 Å². The highest BCUT2D eigenvalue weighted by molar-refractivity contribution is 5.86. The molecule has 0 aliphatic carbocycles. The van der Waals surface area contributed by atoms with Gasteiger partial charge in [-0.3, -0.25) is 0 Å². The molecule has 3 aromatic carbocycles. The van der Waals surface area contributed by atoms with E-state index in [1.807, 2.05) is 18.2 Å². The lowest BCUT2D eigenvalue weighted by Gasteiger charge is -2.21. The fourth-order valence-corrected chi connectivity index (χ4v) is 2.77. The van der Waals surface area contributed by atoms with E-state index < -0.39 is 0 Å². The van der Waals surface area contributed by atoms with Gasteiger partial charge in [-0.1, -0.05) is 61.5 Å². The second kappa shape index (κ2) is 6.06. The van der Waals surface area contributed by atoms with E-state index in [0.29, 0.717) is 0 Å². The molecule has 0 aliphatic rings. The summed E-state index contributed by atoms with van der Waals surface area (Å²) < 4.78 is 13.2.